The minimum absolute atomic E-state index is 0.0214. The van der Waals surface area contributed by atoms with Crippen LogP contribution >= 0.6 is 22.6 Å². The van der Waals surface area contributed by atoms with E-state index in [1.807, 2.05) is 0 Å². The van der Waals surface area contributed by atoms with E-state index in [2.05, 4.69) is 30.9 Å². The number of rotatable bonds is 1. The van der Waals surface area contributed by atoms with Crippen molar-refractivity contribution >= 4 is 51.6 Å². The molecule has 1 unspecified atom stereocenters. The Morgan fingerprint density at radius 3 is 3.00 bits per heavy atom. The van der Waals surface area contributed by atoms with Crippen molar-refractivity contribution < 1.29 is 23.8 Å². The summed E-state index contributed by atoms with van der Waals surface area (Å²) in [5.74, 6) is -0.100. The number of nitrogens with one attached hydrogen (secondary N) is 1. The van der Waals surface area contributed by atoms with E-state index in [-0.39, 0.29) is 28.5 Å². The van der Waals surface area contributed by atoms with Crippen LogP contribution in [0.4, 0.5) is 5.95 Å². The van der Waals surface area contributed by atoms with Gasteiger partial charge >= 0.3 is 6.72 Å². The Kier molecular flexibility index (Phi) is 3.82. The first-order valence-corrected chi connectivity index (χ1v) is 10.1. The number of aromatic amines is 1. The summed E-state index contributed by atoms with van der Waals surface area (Å²) in [5.41, 5.74) is 5.22. The summed E-state index contributed by atoms with van der Waals surface area (Å²) in [6.45, 7) is -3.43. The topological polar surface area (TPSA) is 158 Å². The van der Waals surface area contributed by atoms with E-state index in [1.54, 1.807) is 0 Å². The zero-order valence-corrected chi connectivity index (χ0v) is 15.0. The molecule has 4 heterocycles. The monoisotopic (exact) mass is 439 g/mol. The van der Waals surface area contributed by atoms with E-state index in [0.717, 1.165) is 0 Å². The molecule has 5 N–H and O–H groups in total. The smallest absolute Gasteiger partial charge is 0.325 e. The lowest BCUT2D eigenvalue weighted by Gasteiger charge is -2.30. The summed E-state index contributed by atoms with van der Waals surface area (Å²) in [5, 5.41) is 10.6. The molecule has 130 valence electrons. The van der Waals surface area contributed by atoms with Gasteiger partial charge in [-0.2, -0.15) is 4.98 Å². The number of hydrogen-bond donors (Lipinski definition) is 4. The summed E-state index contributed by atoms with van der Waals surface area (Å²) in [7, 11) is 0. The molecule has 0 saturated carbocycles. The van der Waals surface area contributed by atoms with Gasteiger partial charge in [0.05, 0.1) is 6.61 Å². The Hall–Kier alpha value is -0.920. The molecule has 2 aliphatic heterocycles. The zero-order chi connectivity index (χ0) is 17.2. The molecule has 2 aromatic rings. The van der Waals surface area contributed by atoms with Crippen LogP contribution in [0.25, 0.3) is 11.2 Å². The van der Waals surface area contributed by atoms with Crippen molar-refractivity contribution in [3.05, 3.63) is 15.1 Å². The number of aromatic nitrogens is 4. The molecule has 0 aromatic carbocycles. The highest BCUT2D eigenvalue weighted by Gasteiger charge is 2.51. The molecule has 0 bridgehead atoms. The van der Waals surface area contributed by atoms with Crippen LogP contribution in [0.3, 0.4) is 0 Å². The molecule has 2 saturated heterocycles. The van der Waals surface area contributed by atoms with Crippen LogP contribution in [0.5, 0.6) is 0 Å². The van der Waals surface area contributed by atoms with Gasteiger partial charge < -0.3 is 25.0 Å². The quantitative estimate of drug-likeness (QED) is 0.332. The van der Waals surface area contributed by atoms with E-state index in [1.165, 1.54) is 4.57 Å². The van der Waals surface area contributed by atoms with Crippen LogP contribution in [-0.4, -0.2) is 54.4 Å². The van der Waals surface area contributed by atoms with Crippen molar-refractivity contribution in [2.45, 2.75) is 24.5 Å². The number of nitrogen functional groups attached to an aromatic ring is 1. The molecule has 0 amide bonds. The summed E-state index contributed by atoms with van der Waals surface area (Å²) in [6.07, 6.45) is -3.69. The summed E-state index contributed by atoms with van der Waals surface area (Å²) in [6, 6.07) is 0. The second kappa shape index (κ2) is 5.54. The number of nitrogens with two attached hydrogens (primary N) is 1. The number of anilines is 1. The fraction of sp³-hybridized carbons (Fsp3) is 0.500. The van der Waals surface area contributed by atoms with Crippen molar-refractivity contribution in [2.75, 3.05) is 12.3 Å². The number of ether oxygens (including phenoxy) is 1. The van der Waals surface area contributed by atoms with Crippen LogP contribution < -0.4 is 11.3 Å². The second-order valence-electron chi connectivity index (χ2n) is 5.26. The maximum absolute atomic E-state index is 11.9. The average molecular weight is 440 g/mol. The van der Waals surface area contributed by atoms with Gasteiger partial charge in [0.1, 0.15) is 18.3 Å². The minimum atomic E-state index is -3.41. The molecule has 2 aliphatic rings. The Labute approximate surface area is 147 Å². The first kappa shape index (κ1) is 16.5. The average Bonchev–Trinajstić information content (AvgIpc) is 2.96. The third-order valence-electron chi connectivity index (χ3n) is 3.75. The van der Waals surface area contributed by atoms with Gasteiger partial charge in [-0.15, -0.1) is 0 Å². The van der Waals surface area contributed by atoms with Gasteiger partial charge in [0.2, 0.25) is 5.95 Å². The van der Waals surface area contributed by atoms with Gasteiger partial charge in [0.25, 0.3) is 5.56 Å². The SMILES string of the molecule is Nc1nc2c(nc(Br)n2[C@@H]2O[C@@H]3COP(O)(=S)O[C@@H]3[C@H]2O)c(=O)[nH]1. The number of H-pyrrole nitrogens is 1. The van der Waals surface area contributed by atoms with E-state index < -0.39 is 36.8 Å². The lowest BCUT2D eigenvalue weighted by atomic mass is 10.1. The fourth-order valence-corrected chi connectivity index (χ4v) is 4.74. The standard InChI is InChI=1S/C10H11BrN5O6PS/c11-9-13-3-6(14-10(12)15-7(3)18)16(9)8-4(17)5-2(21-8)1-20-23(19,24)22-5/h2,4-5,8,17H,1H2,(H,19,24)(H3,12,14,15,18)/t2-,4-,5+,8-,23?/m1/s1. The number of hydrogen-bond acceptors (Lipinski definition) is 9. The van der Waals surface area contributed by atoms with E-state index in [0.29, 0.717) is 0 Å². The molecule has 5 atom stereocenters. The highest BCUT2D eigenvalue weighted by molar-refractivity contribution is 9.10. The maximum atomic E-state index is 11.9. The van der Waals surface area contributed by atoms with E-state index in [9.17, 15) is 14.8 Å². The lowest BCUT2D eigenvalue weighted by Crippen LogP contribution is -2.39. The second-order valence-corrected chi connectivity index (χ2v) is 8.76. The first-order valence-electron chi connectivity index (χ1n) is 6.69. The number of imidazole rings is 1. The van der Waals surface area contributed by atoms with E-state index >= 15 is 0 Å². The van der Waals surface area contributed by atoms with Crippen molar-refractivity contribution in [1.29, 1.82) is 0 Å². The zero-order valence-electron chi connectivity index (χ0n) is 11.7. The highest BCUT2D eigenvalue weighted by Crippen LogP contribution is 2.53. The molecule has 14 heteroatoms. The normalized spacial score (nSPS) is 36.1. The molecular formula is C10H11BrN5O6PS. The minimum Gasteiger partial charge on any atom is -0.386 e. The van der Waals surface area contributed by atoms with Gasteiger partial charge in [0, 0.05) is 0 Å². The van der Waals surface area contributed by atoms with Gasteiger partial charge in [-0.1, -0.05) is 0 Å². The highest BCUT2D eigenvalue weighted by atomic mass is 79.9. The van der Waals surface area contributed by atoms with Gasteiger partial charge in [-0.05, 0) is 27.7 Å². The van der Waals surface area contributed by atoms with Crippen LogP contribution in [-0.2, 0) is 25.6 Å². The van der Waals surface area contributed by atoms with Crippen LogP contribution in [0.1, 0.15) is 6.23 Å². The Morgan fingerprint density at radius 1 is 1.50 bits per heavy atom. The van der Waals surface area contributed by atoms with Crippen molar-refractivity contribution in [1.82, 2.24) is 19.5 Å². The number of nitrogens with zero attached hydrogens (tertiary/aromatic N) is 3. The molecule has 2 fully saturated rings. The molecule has 0 spiro atoms. The largest absolute Gasteiger partial charge is 0.386 e. The van der Waals surface area contributed by atoms with Crippen LogP contribution in [0.2, 0.25) is 0 Å². The van der Waals surface area contributed by atoms with Crippen molar-refractivity contribution in [3.8, 4) is 0 Å². The number of halogens is 1. The fourth-order valence-electron chi connectivity index (χ4n) is 2.75. The van der Waals surface area contributed by atoms with Gasteiger partial charge in [-0.25, -0.2) is 4.98 Å². The predicted molar refractivity (Wildman–Crippen MR) is 87.5 cm³/mol. The molecule has 11 nitrogen and oxygen atoms in total. The number of aliphatic hydroxyl groups excluding tert-OH is 1. The van der Waals surface area contributed by atoms with Crippen molar-refractivity contribution in [2.24, 2.45) is 0 Å². The third kappa shape index (κ3) is 2.52. The lowest BCUT2D eigenvalue weighted by molar-refractivity contribution is -0.0600. The Balaban J connectivity index is 1.80. The molecule has 2 aromatic heterocycles. The number of aliphatic hydroxyl groups is 1. The van der Waals surface area contributed by atoms with Crippen LogP contribution in [0.15, 0.2) is 9.53 Å². The van der Waals surface area contributed by atoms with Gasteiger partial charge in [-0.3, -0.25) is 18.9 Å². The molecular weight excluding hydrogens is 429 g/mol. The molecule has 4 rings (SSSR count). The summed E-state index contributed by atoms with van der Waals surface area (Å²) in [4.78, 5) is 32.2. The molecule has 0 radical (unpaired) electrons. The maximum Gasteiger partial charge on any atom is 0.325 e. The predicted octanol–water partition coefficient (Wildman–Crippen LogP) is -0.645. The third-order valence-corrected chi connectivity index (χ3v) is 5.87. The van der Waals surface area contributed by atoms with Crippen molar-refractivity contribution in [3.63, 3.8) is 0 Å². The summed E-state index contributed by atoms with van der Waals surface area (Å²) >= 11 is 8.02. The van der Waals surface area contributed by atoms with E-state index in [4.69, 9.17) is 31.3 Å². The summed E-state index contributed by atoms with van der Waals surface area (Å²) < 4.78 is 17.6. The van der Waals surface area contributed by atoms with Crippen LogP contribution in [0, 0.1) is 0 Å². The Bertz CT molecular complexity index is 934. The first-order chi connectivity index (χ1) is 11.3. The molecule has 0 aliphatic carbocycles. The number of fused-ring (bicyclic) bond motifs is 2. The Morgan fingerprint density at radius 2 is 2.25 bits per heavy atom. The molecule has 24 heavy (non-hydrogen) atoms. The van der Waals surface area contributed by atoms with Gasteiger partial charge in [0.15, 0.2) is 22.1 Å².